The average Bonchev–Trinajstić information content (AvgIpc) is 2.26. The molecule has 0 heterocycles. The molecule has 0 aliphatic heterocycles. The summed E-state index contributed by atoms with van der Waals surface area (Å²) < 4.78 is 1.14. The summed E-state index contributed by atoms with van der Waals surface area (Å²) in [5.41, 5.74) is 7.42. The van der Waals surface area contributed by atoms with E-state index >= 15 is 0 Å². The summed E-state index contributed by atoms with van der Waals surface area (Å²) in [5, 5.41) is 0. The molecule has 3 heteroatoms. The maximum absolute atomic E-state index is 6.09. The Balaban J connectivity index is 2.36. The van der Waals surface area contributed by atoms with Crippen LogP contribution in [0.1, 0.15) is 31.7 Å². The van der Waals surface area contributed by atoms with Crippen LogP contribution in [0.5, 0.6) is 0 Å². The number of halogens is 1. The van der Waals surface area contributed by atoms with Crippen LogP contribution in [0.25, 0.3) is 0 Å². The topological polar surface area (TPSA) is 29.3 Å². The molecule has 17 heavy (non-hydrogen) atoms. The lowest BCUT2D eigenvalue weighted by atomic mass is 10.1. The number of likely N-dealkylation sites (N-methyl/N-ethyl adjacent to an activating group) is 1. The summed E-state index contributed by atoms with van der Waals surface area (Å²) in [4.78, 5) is 2.29. The summed E-state index contributed by atoms with van der Waals surface area (Å²) in [5.74, 6) is 0. The highest BCUT2D eigenvalue weighted by Gasteiger charge is 2.07. The van der Waals surface area contributed by atoms with Gasteiger partial charge in [-0.15, -0.1) is 0 Å². The number of nitrogens with zero attached hydrogens (tertiary/aromatic N) is 1. The van der Waals surface area contributed by atoms with Crippen molar-refractivity contribution in [1.82, 2.24) is 4.90 Å². The van der Waals surface area contributed by atoms with E-state index < -0.39 is 0 Å². The molecule has 2 nitrogen and oxygen atoms in total. The zero-order chi connectivity index (χ0) is 12.7. The van der Waals surface area contributed by atoms with Gasteiger partial charge in [0.2, 0.25) is 0 Å². The molecule has 0 saturated heterocycles. The number of hydrogen-bond donors (Lipinski definition) is 1. The van der Waals surface area contributed by atoms with Crippen LogP contribution in [-0.4, -0.2) is 24.5 Å². The fourth-order valence-electron chi connectivity index (χ4n) is 1.97. The van der Waals surface area contributed by atoms with Gasteiger partial charge in [0.15, 0.2) is 0 Å². The van der Waals surface area contributed by atoms with Crippen molar-refractivity contribution in [3.05, 3.63) is 34.3 Å². The van der Waals surface area contributed by atoms with Crippen LogP contribution in [0.2, 0.25) is 0 Å². The highest BCUT2D eigenvalue weighted by molar-refractivity contribution is 9.10. The van der Waals surface area contributed by atoms with Crippen LogP contribution >= 0.6 is 15.9 Å². The van der Waals surface area contributed by atoms with Crippen molar-refractivity contribution < 1.29 is 0 Å². The van der Waals surface area contributed by atoms with Crippen molar-refractivity contribution in [1.29, 1.82) is 0 Å². The van der Waals surface area contributed by atoms with Gasteiger partial charge in [-0.2, -0.15) is 0 Å². The normalized spacial score (nSPS) is 13.0. The zero-order valence-corrected chi connectivity index (χ0v) is 12.4. The Bertz CT molecular complexity index is 328. The molecule has 96 valence electrons. The van der Waals surface area contributed by atoms with E-state index in [4.69, 9.17) is 5.73 Å². The van der Waals surface area contributed by atoms with Crippen LogP contribution in [-0.2, 0) is 6.54 Å². The summed E-state index contributed by atoms with van der Waals surface area (Å²) in [6.07, 6.45) is 3.58. The van der Waals surface area contributed by atoms with E-state index in [2.05, 4.69) is 59.1 Å². The number of rotatable bonds is 7. The Morgan fingerprint density at radius 3 is 2.82 bits per heavy atom. The average molecular weight is 299 g/mol. The third-order valence-corrected chi connectivity index (χ3v) is 3.31. The standard InChI is InChI=1S/C14H23BrN2/c1-3-4-8-14(16)11-17(2)10-12-6-5-7-13(15)9-12/h5-7,9,14H,3-4,8,10-11,16H2,1-2H3. The molecule has 0 aromatic heterocycles. The van der Waals surface area contributed by atoms with Crippen LogP contribution in [0.15, 0.2) is 28.7 Å². The second-order valence-electron chi connectivity index (χ2n) is 4.73. The van der Waals surface area contributed by atoms with Crippen LogP contribution in [0, 0.1) is 0 Å². The molecule has 1 rings (SSSR count). The molecule has 1 atom stereocenters. The molecule has 1 aromatic rings. The van der Waals surface area contributed by atoms with Gasteiger partial charge in [-0.1, -0.05) is 47.8 Å². The number of hydrogen-bond acceptors (Lipinski definition) is 2. The second-order valence-corrected chi connectivity index (χ2v) is 5.64. The first-order valence-electron chi connectivity index (χ1n) is 6.30. The Kier molecular flexibility index (Phi) is 6.78. The summed E-state index contributed by atoms with van der Waals surface area (Å²) in [7, 11) is 2.13. The van der Waals surface area contributed by atoms with E-state index in [1.165, 1.54) is 18.4 Å². The first kappa shape index (κ1) is 14.7. The maximum Gasteiger partial charge on any atom is 0.0231 e. The predicted octanol–water partition coefficient (Wildman–Crippen LogP) is 3.40. The smallest absolute Gasteiger partial charge is 0.0231 e. The third kappa shape index (κ3) is 6.20. The van der Waals surface area contributed by atoms with E-state index in [0.29, 0.717) is 6.04 Å². The van der Waals surface area contributed by atoms with E-state index in [1.807, 2.05) is 0 Å². The lowest BCUT2D eigenvalue weighted by Crippen LogP contribution is -2.34. The largest absolute Gasteiger partial charge is 0.327 e. The zero-order valence-electron chi connectivity index (χ0n) is 10.8. The van der Waals surface area contributed by atoms with Crippen LogP contribution in [0.3, 0.4) is 0 Å². The van der Waals surface area contributed by atoms with Gasteiger partial charge in [0, 0.05) is 23.6 Å². The van der Waals surface area contributed by atoms with Crippen molar-refractivity contribution >= 4 is 15.9 Å². The van der Waals surface area contributed by atoms with Gasteiger partial charge in [0.25, 0.3) is 0 Å². The minimum atomic E-state index is 0.298. The van der Waals surface area contributed by atoms with E-state index in [9.17, 15) is 0 Å². The Hall–Kier alpha value is -0.380. The summed E-state index contributed by atoms with van der Waals surface area (Å²) >= 11 is 3.49. The molecule has 0 saturated carbocycles. The summed E-state index contributed by atoms with van der Waals surface area (Å²) in [6, 6.07) is 8.74. The fraction of sp³-hybridized carbons (Fsp3) is 0.571. The number of unbranched alkanes of at least 4 members (excludes halogenated alkanes) is 1. The quantitative estimate of drug-likeness (QED) is 0.836. The first-order chi connectivity index (χ1) is 8.11. The van der Waals surface area contributed by atoms with E-state index in [0.717, 1.165) is 24.0 Å². The SMILES string of the molecule is CCCCC(N)CN(C)Cc1cccc(Br)c1. The van der Waals surface area contributed by atoms with Crippen molar-refractivity contribution in [2.75, 3.05) is 13.6 Å². The van der Waals surface area contributed by atoms with E-state index in [-0.39, 0.29) is 0 Å². The Labute approximate surface area is 113 Å². The second kappa shape index (κ2) is 7.85. The fourth-order valence-corrected chi connectivity index (χ4v) is 2.42. The lowest BCUT2D eigenvalue weighted by molar-refractivity contribution is 0.295. The molecule has 1 unspecified atom stereocenters. The Morgan fingerprint density at radius 1 is 1.41 bits per heavy atom. The number of benzene rings is 1. The first-order valence-corrected chi connectivity index (χ1v) is 7.09. The molecule has 0 aliphatic rings. The molecular weight excluding hydrogens is 276 g/mol. The summed E-state index contributed by atoms with van der Waals surface area (Å²) in [6.45, 7) is 4.13. The van der Waals surface area contributed by atoms with Crippen molar-refractivity contribution in [2.24, 2.45) is 5.73 Å². The molecule has 0 aliphatic carbocycles. The molecule has 0 amide bonds. The third-order valence-electron chi connectivity index (χ3n) is 2.82. The van der Waals surface area contributed by atoms with Crippen LogP contribution in [0.4, 0.5) is 0 Å². The lowest BCUT2D eigenvalue weighted by Gasteiger charge is -2.21. The maximum atomic E-state index is 6.09. The van der Waals surface area contributed by atoms with Gasteiger partial charge in [-0.3, -0.25) is 0 Å². The monoisotopic (exact) mass is 298 g/mol. The molecule has 0 fully saturated rings. The molecule has 0 bridgehead atoms. The minimum absolute atomic E-state index is 0.298. The van der Waals surface area contributed by atoms with E-state index in [1.54, 1.807) is 0 Å². The van der Waals surface area contributed by atoms with Crippen molar-refractivity contribution in [3.8, 4) is 0 Å². The molecule has 2 N–H and O–H groups in total. The van der Waals surface area contributed by atoms with Gasteiger partial charge in [0.05, 0.1) is 0 Å². The molecule has 0 radical (unpaired) electrons. The van der Waals surface area contributed by atoms with Gasteiger partial charge in [0.1, 0.15) is 0 Å². The molecular formula is C14H23BrN2. The highest BCUT2D eigenvalue weighted by Crippen LogP contribution is 2.13. The van der Waals surface area contributed by atoms with Gasteiger partial charge in [-0.05, 0) is 31.2 Å². The van der Waals surface area contributed by atoms with Crippen LogP contribution < -0.4 is 5.73 Å². The van der Waals surface area contributed by atoms with Crippen molar-refractivity contribution in [3.63, 3.8) is 0 Å². The van der Waals surface area contributed by atoms with Crippen molar-refractivity contribution in [2.45, 2.75) is 38.8 Å². The molecule has 1 aromatic carbocycles. The minimum Gasteiger partial charge on any atom is -0.327 e. The Morgan fingerprint density at radius 2 is 2.18 bits per heavy atom. The predicted molar refractivity (Wildman–Crippen MR) is 78.0 cm³/mol. The molecule has 0 spiro atoms. The highest BCUT2D eigenvalue weighted by atomic mass is 79.9. The van der Waals surface area contributed by atoms with Gasteiger partial charge in [-0.25, -0.2) is 0 Å². The number of nitrogens with two attached hydrogens (primary N) is 1. The van der Waals surface area contributed by atoms with Gasteiger partial charge >= 0.3 is 0 Å². The van der Waals surface area contributed by atoms with Gasteiger partial charge < -0.3 is 10.6 Å².